The lowest BCUT2D eigenvalue weighted by atomic mass is 10.2. The molecule has 0 bridgehead atoms. The second-order valence-corrected chi connectivity index (χ2v) is 4.74. The molecule has 2 aromatic heterocycles. The molecule has 0 spiro atoms. The molecule has 7 heteroatoms. The van der Waals surface area contributed by atoms with Crippen LogP contribution in [-0.4, -0.2) is 21.0 Å². The number of carboxylic acids is 1. The predicted molar refractivity (Wildman–Crippen MR) is 69.8 cm³/mol. The first-order valence-corrected chi connectivity index (χ1v) is 6.26. The van der Waals surface area contributed by atoms with E-state index in [-0.39, 0.29) is 11.6 Å². The maximum Gasteiger partial charge on any atom is 0.331 e. The Balaban J connectivity index is 2.30. The van der Waals surface area contributed by atoms with E-state index in [4.69, 9.17) is 5.26 Å². The third-order valence-electron chi connectivity index (χ3n) is 2.32. The van der Waals surface area contributed by atoms with Crippen molar-refractivity contribution in [1.82, 2.24) is 9.97 Å². The minimum Gasteiger partial charge on any atom is -0.479 e. The smallest absolute Gasteiger partial charge is 0.331 e. The van der Waals surface area contributed by atoms with Gasteiger partial charge in [0.15, 0.2) is 6.04 Å². The summed E-state index contributed by atoms with van der Waals surface area (Å²) in [5, 5.41) is 22.6. The summed E-state index contributed by atoms with van der Waals surface area (Å²) in [5.41, 5.74) is 0.801. The highest BCUT2D eigenvalue weighted by atomic mass is 32.1. The van der Waals surface area contributed by atoms with Gasteiger partial charge in [0, 0.05) is 10.6 Å². The van der Waals surface area contributed by atoms with Gasteiger partial charge in [-0.25, -0.2) is 14.8 Å². The fourth-order valence-corrected chi connectivity index (χ4v) is 2.30. The molecule has 6 nitrogen and oxygen atoms in total. The zero-order chi connectivity index (χ0) is 13.8. The Morgan fingerprint density at radius 1 is 1.58 bits per heavy atom. The molecule has 0 saturated heterocycles. The molecule has 2 rings (SSSR count). The predicted octanol–water partition coefficient (Wildman–Crippen LogP) is 1.96. The van der Waals surface area contributed by atoms with Crippen molar-refractivity contribution >= 4 is 23.3 Å². The van der Waals surface area contributed by atoms with Crippen molar-refractivity contribution in [3.8, 4) is 6.07 Å². The highest BCUT2D eigenvalue weighted by Crippen LogP contribution is 2.22. The van der Waals surface area contributed by atoms with Gasteiger partial charge in [-0.15, -0.1) is 11.3 Å². The van der Waals surface area contributed by atoms with Crippen LogP contribution >= 0.6 is 11.3 Å². The highest BCUT2D eigenvalue weighted by Gasteiger charge is 2.21. The van der Waals surface area contributed by atoms with Crippen LogP contribution in [0.3, 0.4) is 0 Å². The largest absolute Gasteiger partial charge is 0.479 e. The van der Waals surface area contributed by atoms with Gasteiger partial charge in [0.05, 0.1) is 0 Å². The van der Waals surface area contributed by atoms with Crippen LogP contribution in [0.2, 0.25) is 0 Å². The van der Waals surface area contributed by atoms with Crippen LogP contribution < -0.4 is 5.32 Å². The van der Waals surface area contributed by atoms with Gasteiger partial charge in [0.1, 0.15) is 11.8 Å². The summed E-state index contributed by atoms with van der Waals surface area (Å²) in [6.45, 7) is 1.72. The summed E-state index contributed by atoms with van der Waals surface area (Å²) in [5.74, 6) is -0.886. The van der Waals surface area contributed by atoms with Gasteiger partial charge in [-0.05, 0) is 24.4 Å². The molecular weight excluding hydrogens is 264 g/mol. The van der Waals surface area contributed by atoms with Crippen LogP contribution in [0, 0.1) is 18.3 Å². The molecule has 0 aliphatic heterocycles. The number of carboxylic acid groups (broad SMARTS) is 1. The summed E-state index contributed by atoms with van der Waals surface area (Å²) in [6, 6.07) is 6.01. The standard InChI is InChI=1S/C12H10N4O2S/c1-7-5-8(6-13)15-12(14-7)16-10(11(17)18)9-3-2-4-19-9/h2-5,10H,1H3,(H,17,18)(H,14,15,16). The van der Waals surface area contributed by atoms with Gasteiger partial charge in [-0.2, -0.15) is 5.26 Å². The van der Waals surface area contributed by atoms with E-state index in [2.05, 4.69) is 15.3 Å². The number of rotatable bonds is 4. The maximum atomic E-state index is 11.3. The molecule has 0 saturated carbocycles. The van der Waals surface area contributed by atoms with Gasteiger partial charge >= 0.3 is 5.97 Å². The molecule has 1 unspecified atom stereocenters. The lowest BCUT2D eigenvalue weighted by Gasteiger charge is -2.13. The topological polar surface area (TPSA) is 98.9 Å². The number of aromatic nitrogens is 2. The van der Waals surface area contributed by atoms with Crippen molar-refractivity contribution in [3.05, 3.63) is 39.8 Å². The van der Waals surface area contributed by atoms with Gasteiger partial charge in [-0.1, -0.05) is 6.07 Å². The first-order valence-electron chi connectivity index (χ1n) is 5.38. The lowest BCUT2D eigenvalue weighted by Crippen LogP contribution is -2.21. The normalized spacial score (nSPS) is 11.6. The quantitative estimate of drug-likeness (QED) is 0.884. The van der Waals surface area contributed by atoms with Crippen LogP contribution in [0.5, 0.6) is 0 Å². The average molecular weight is 274 g/mol. The average Bonchev–Trinajstić information content (AvgIpc) is 2.88. The van der Waals surface area contributed by atoms with Gasteiger partial charge < -0.3 is 10.4 Å². The summed E-state index contributed by atoms with van der Waals surface area (Å²) in [6.07, 6.45) is 0. The van der Waals surface area contributed by atoms with E-state index in [1.165, 1.54) is 17.4 Å². The number of hydrogen-bond donors (Lipinski definition) is 2. The molecule has 2 aromatic rings. The molecule has 0 amide bonds. The second kappa shape index (κ2) is 5.46. The number of anilines is 1. The van der Waals surface area contributed by atoms with Gasteiger partial charge in [-0.3, -0.25) is 0 Å². The second-order valence-electron chi connectivity index (χ2n) is 3.76. The van der Waals surface area contributed by atoms with Crippen molar-refractivity contribution in [1.29, 1.82) is 5.26 Å². The van der Waals surface area contributed by atoms with E-state index in [9.17, 15) is 9.90 Å². The molecule has 0 radical (unpaired) electrons. The van der Waals surface area contributed by atoms with Crippen molar-refractivity contribution in [2.45, 2.75) is 13.0 Å². The van der Waals surface area contributed by atoms with Crippen LogP contribution in [-0.2, 0) is 4.79 Å². The first kappa shape index (κ1) is 13.0. The Morgan fingerprint density at radius 2 is 2.37 bits per heavy atom. The minimum absolute atomic E-state index is 0.136. The van der Waals surface area contributed by atoms with E-state index < -0.39 is 12.0 Å². The third-order valence-corrected chi connectivity index (χ3v) is 3.25. The molecule has 0 fully saturated rings. The van der Waals surface area contributed by atoms with E-state index in [1.54, 1.807) is 24.4 Å². The lowest BCUT2D eigenvalue weighted by molar-refractivity contribution is -0.138. The molecule has 0 aromatic carbocycles. The number of thiophene rings is 1. The summed E-state index contributed by atoms with van der Waals surface area (Å²) >= 11 is 1.33. The summed E-state index contributed by atoms with van der Waals surface area (Å²) in [4.78, 5) is 19.9. The van der Waals surface area contributed by atoms with Gasteiger partial charge in [0.25, 0.3) is 0 Å². The molecule has 19 heavy (non-hydrogen) atoms. The fraction of sp³-hybridized carbons (Fsp3) is 0.167. The van der Waals surface area contributed by atoms with Crippen molar-refractivity contribution < 1.29 is 9.90 Å². The zero-order valence-electron chi connectivity index (χ0n) is 9.99. The van der Waals surface area contributed by atoms with Crippen molar-refractivity contribution in [2.24, 2.45) is 0 Å². The Labute approximate surface area is 113 Å². The maximum absolute atomic E-state index is 11.3. The molecule has 2 N–H and O–H groups in total. The Hall–Kier alpha value is -2.46. The number of aliphatic carboxylic acids is 1. The van der Waals surface area contributed by atoms with E-state index in [0.29, 0.717) is 10.6 Å². The van der Waals surface area contributed by atoms with E-state index >= 15 is 0 Å². The SMILES string of the molecule is Cc1cc(C#N)nc(NC(C(=O)O)c2cccs2)n1. The van der Waals surface area contributed by atoms with Crippen molar-refractivity contribution in [3.63, 3.8) is 0 Å². The Kier molecular flexibility index (Phi) is 3.73. The molecule has 1 atom stereocenters. The highest BCUT2D eigenvalue weighted by molar-refractivity contribution is 7.10. The molecule has 2 heterocycles. The number of hydrogen-bond acceptors (Lipinski definition) is 6. The molecular formula is C12H10N4O2S. The first-order chi connectivity index (χ1) is 9.10. The van der Waals surface area contributed by atoms with E-state index in [0.717, 1.165) is 0 Å². The van der Waals surface area contributed by atoms with Crippen LogP contribution in [0.25, 0.3) is 0 Å². The molecule has 96 valence electrons. The molecule has 0 aliphatic rings. The zero-order valence-corrected chi connectivity index (χ0v) is 10.8. The fourth-order valence-electron chi connectivity index (χ4n) is 1.53. The summed E-state index contributed by atoms with van der Waals surface area (Å²) < 4.78 is 0. The number of carbonyl (C=O) groups is 1. The number of nitrogens with one attached hydrogen (secondary N) is 1. The molecule has 0 aliphatic carbocycles. The number of nitrogens with zero attached hydrogens (tertiary/aromatic N) is 3. The van der Waals surface area contributed by atoms with Crippen LogP contribution in [0.1, 0.15) is 22.3 Å². The monoisotopic (exact) mass is 274 g/mol. The van der Waals surface area contributed by atoms with Crippen molar-refractivity contribution in [2.75, 3.05) is 5.32 Å². The van der Waals surface area contributed by atoms with E-state index in [1.807, 2.05) is 6.07 Å². The minimum atomic E-state index is -1.02. The van der Waals surface area contributed by atoms with Gasteiger partial charge in [0.2, 0.25) is 5.95 Å². The Morgan fingerprint density at radius 3 is 2.95 bits per heavy atom. The Bertz CT molecular complexity index is 634. The summed E-state index contributed by atoms with van der Waals surface area (Å²) in [7, 11) is 0. The number of aryl methyl sites for hydroxylation is 1. The third kappa shape index (κ3) is 3.05. The van der Waals surface area contributed by atoms with Crippen LogP contribution in [0.4, 0.5) is 5.95 Å². The number of nitriles is 1. The van der Waals surface area contributed by atoms with Crippen LogP contribution in [0.15, 0.2) is 23.6 Å².